The maximum absolute atomic E-state index is 13.1. The molecule has 0 saturated heterocycles. The van der Waals surface area contributed by atoms with Crippen LogP contribution in [0.1, 0.15) is 22.3 Å². The summed E-state index contributed by atoms with van der Waals surface area (Å²) in [4.78, 5) is 27.5. The van der Waals surface area contributed by atoms with Crippen molar-refractivity contribution in [2.75, 3.05) is 11.4 Å². The number of halogens is 1. The van der Waals surface area contributed by atoms with E-state index in [1.807, 2.05) is 30.3 Å². The van der Waals surface area contributed by atoms with E-state index in [2.05, 4.69) is 21.9 Å². The first-order valence-corrected chi connectivity index (χ1v) is 9.54. The fourth-order valence-corrected chi connectivity index (χ4v) is 4.10. The van der Waals surface area contributed by atoms with Crippen molar-refractivity contribution < 1.29 is 14.7 Å². The third-order valence-corrected chi connectivity index (χ3v) is 5.54. The van der Waals surface area contributed by atoms with E-state index in [-0.39, 0.29) is 18.7 Å². The van der Waals surface area contributed by atoms with Crippen LogP contribution in [0.3, 0.4) is 0 Å². The number of fused-ring (bicyclic) bond motifs is 2. The van der Waals surface area contributed by atoms with Gasteiger partial charge in [0.25, 0.3) is 5.91 Å². The molecule has 1 N–H and O–H groups in total. The number of amides is 1. The van der Waals surface area contributed by atoms with Gasteiger partial charge in [-0.1, -0.05) is 64.3 Å². The van der Waals surface area contributed by atoms with Gasteiger partial charge in [-0.15, -0.1) is 6.42 Å². The third-order valence-electron chi connectivity index (χ3n) is 5.05. The summed E-state index contributed by atoms with van der Waals surface area (Å²) in [5.41, 5.74) is -0.564. The number of hydrogen-bond acceptors (Lipinski definition) is 3. The number of carbonyl (C=O) groups excluding carboxylic acids is 2. The SMILES string of the molecule is C#CCN1C(=O)[C@@](O)(CC(=O)c2cccc3ccccc23)c2cc(Br)ccc21. The summed E-state index contributed by atoms with van der Waals surface area (Å²) in [5, 5.41) is 13.1. The zero-order chi connectivity index (χ0) is 19.9. The summed E-state index contributed by atoms with van der Waals surface area (Å²) in [5.74, 6) is 1.56. The highest BCUT2D eigenvalue weighted by molar-refractivity contribution is 9.10. The van der Waals surface area contributed by atoms with Crippen LogP contribution in [0, 0.1) is 12.3 Å². The van der Waals surface area contributed by atoms with E-state index < -0.39 is 11.5 Å². The molecule has 0 fully saturated rings. The van der Waals surface area contributed by atoms with Gasteiger partial charge in [0.15, 0.2) is 11.4 Å². The quantitative estimate of drug-likeness (QED) is 0.498. The minimum absolute atomic E-state index is 0.0260. The van der Waals surface area contributed by atoms with E-state index in [1.54, 1.807) is 30.3 Å². The Hall–Kier alpha value is -2.94. The fraction of sp³-hybridized carbons (Fsp3) is 0.130. The smallest absolute Gasteiger partial charge is 0.265 e. The summed E-state index contributed by atoms with van der Waals surface area (Å²) < 4.78 is 0.706. The first kappa shape index (κ1) is 18.4. The number of anilines is 1. The van der Waals surface area contributed by atoms with E-state index >= 15 is 0 Å². The van der Waals surface area contributed by atoms with Gasteiger partial charge in [0.1, 0.15) is 0 Å². The highest BCUT2D eigenvalue weighted by Crippen LogP contribution is 2.44. The summed E-state index contributed by atoms with van der Waals surface area (Å²) >= 11 is 3.37. The summed E-state index contributed by atoms with van der Waals surface area (Å²) in [6.45, 7) is 0.0260. The van der Waals surface area contributed by atoms with Crippen molar-refractivity contribution >= 4 is 44.1 Å². The van der Waals surface area contributed by atoms with E-state index in [0.717, 1.165) is 10.8 Å². The topological polar surface area (TPSA) is 57.6 Å². The Bertz CT molecular complexity index is 1160. The lowest BCUT2D eigenvalue weighted by molar-refractivity contribution is -0.135. The van der Waals surface area contributed by atoms with Crippen LogP contribution in [0.5, 0.6) is 0 Å². The first-order valence-electron chi connectivity index (χ1n) is 8.74. The van der Waals surface area contributed by atoms with Gasteiger partial charge in [0.05, 0.1) is 18.7 Å². The van der Waals surface area contributed by atoms with Gasteiger partial charge in [-0.3, -0.25) is 14.5 Å². The number of ketones is 1. The number of carbonyl (C=O) groups is 2. The van der Waals surface area contributed by atoms with Crippen LogP contribution >= 0.6 is 15.9 Å². The largest absolute Gasteiger partial charge is 0.375 e. The molecule has 0 saturated carbocycles. The molecule has 4 rings (SSSR count). The molecule has 0 spiro atoms. The summed E-state index contributed by atoms with van der Waals surface area (Å²) in [6.07, 6.45) is 5.04. The average molecular weight is 434 g/mol. The average Bonchev–Trinajstić information content (AvgIpc) is 2.89. The second-order valence-electron chi connectivity index (χ2n) is 6.74. The molecule has 0 unspecified atom stereocenters. The van der Waals surface area contributed by atoms with Gasteiger partial charge >= 0.3 is 0 Å². The minimum atomic E-state index is -1.95. The van der Waals surface area contributed by atoms with Gasteiger partial charge in [-0.05, 0) is 29.0 Å². The van der Waals surface area contributed by atoms with Gasteiger partial charge in [0.2, 0.25) is 0 Å². The molecule has 1 atom stereocenters. The molecule has 138 valence electrons. The normalized spacial score (nSPS) is 18.2. The minimum Gasteiger partial charge on any atom is -0.375 e. The molecule has 3 aromatic rings. The van der Waals surface area contributed by atoms with Crippen molar-refractivity contribution in [2.45, 2.75) is 12.0 Å². The Labute approximate surface area is 170 Å². The van der Waals surface area contributed by atoms with Crippen LogP contribution in [0.4, 0.5) is 5.69 Å². The van der Waals surface area contributed by atoms with Crippen molar-refractivity contribution in [2.24, 2.45) is 0 Å². The monoisotopic (exact) mass is 433 g/mol. The van der Waals surface area contributed by atoms with Crippen molar-refractivity contribution in [3.8, 4) is 12.3 Å². The number of nitrogens with zero attached hydrogens (tertiary/aromatic N) is 1. The Morgan fingerprint density at radius 2 is 1.89 bits per heavy atom. The maximum Gasteiger partial charge on any atom is 0.265 e. The Morgan fingerprint density at radius 3 is 2.68 bits per heavy atom. The molecule has 1 amide bonds. The summed E-state index contributed by atoms with van der Waals surface area (Å²) in [6, 6.07) is 18.1. The molecule has 4 nitrogen and oxygen atoms in total. The van der Waals surface area contributed by atoms with Crippen LogP contribution in [-0.2, 0) is 10.4 Å². The van der Waals surface area contributed by atoms with Gasteiger partial charge in [0, 0.05) is 15.6 Å². The Morgan fingerprint density at radius 1 is 1.14 bits per heavy atom. The van der Waals surface area contributed by atoms with E-state index in [0.29, 0.717) is 21.3 Å². The second kappa shape index (κ2) is 6.90. The molecular weight excluding hydrogens is 418 g/mol. The van der Waals surface area contributed by atoms with Crippen molar-refractivity contribution in [3.63, 3.8) is 0 Å². The summed E-state index contributed by atoms with van der Waals surface area (Å²) in [7, 11) is 0. The highest BCUT2D eigenvalue weighted by atomic mass is 79.9. The molecule has 0 aromatic heterocycles. The van der Waals surface area contributed by atoms with Crippen molar-refractivity contribution in [3.05, 3.63) is 76.3 Å². The predicted octanol–water partition coefficient (Wildman–Crippen LogP) is 4.04. The lowest BCUT2D eigenvalue weighted by Gasteiger charge is -2.22. The van der Waals surface area contributed by atoms with E-state index in [9.17, 15) is 14.7 Å². The molecule has 3 aromatic carbocycles. The highest BCUT2D eigenvalue weighted by Gasteiger charge is 2.50. The number of aliphatic hydroxyl groups is 1. The molecule has 0 radical (unpaired) electrons. The molecular formula is C23H16BrNO3. The van der Waals surface area contributed by atoms with Gasteiger partial charge in [-0.25, -0.2) is 0 Å². The number of hydrogen-bond donors (Lipinski definition) is 1. The van der Waals surface area contributed by atoms with Crippen molar-refractivity contribution in [1.29, 1.82) is 0 Å². The number of terminal acetylenes is 1. The zero-order valence-electron chi connectivity index (χ0n) is 14.9. The number of rotatable bonds is 4. The first-order chi connectivity index (χ1) is 13.5. The van der Waals surface area contributed by atoms with Gasteiger partial charge < -0.3 is 5.11 Å². The van der Waals surface area contributed by atoms with Crippen LogP contribution in [0.2, 0.25) is 0 Å². The molecule has 0 bridgehead atoms. The molecule has 5 heteroatoms. The molecule has 28 heavy (non-hydrogen) atoms. The van der Waals surface area contributed by atoms with Crippen LogP contribution in [-0.4, -0.2) is 23.3 Å². The lowest BCUT2D eigenvalue weighted by Crippen LogP contribution is -2.42. The standard InChI is InChI=1S/C23H16BrNO3/c1-2-12-25-20-11-10-16(24)13-19(20)23(28,22(25)27)14-21(26)18-9-5-7-15-6-3-4-8-17(15)18/h1,3-11,13,28H,12,14H2/t23-/m1/s1. The van der Waals surface area contributed by atoms with Crippen molar-refractivity contribution in [1.82, 2.24) is 0 Å². The Kier molecular flexibility index (Phi) is 4.54. The van der Waals surface area contributed by atoms with Crippen LogP contribution in [0.25, 0.3) is 10.8 Å². The van der Waals surface area contributed by atoms with E-state index in [4.69, 9.17) is 6.42 Å². The van der Waals surface area contributed by atoms with E-state index in [1.165, 1.54) is 4.90 Å². The maximum atomic E-state index is 13.1. The predicted molar refractivity (Wildman–Crippen MR) is 112 cm³/mol. The molecule has 1 aliphatic heterocycles. The third kappa shape index (κ3) is 2.82. The second-order valence-corrected chi connectivity index (χ2v) is 7.66. The molecule has 1 aliphatic rings. The fourth-order valence-electron chi connectivity index (χ4n) is 3.74. The van der Waals surface area contributed by atoms with Crippen LogP contribution < -0.4 is 4.90 Å². The molecule has 1 heterocycles. The number of Topliss-reactive ketones (excluding diaryl/α,β-unsaturated/α-hetero) is 1. The van der Waals surface area contributed by atoms with Crippen LogP contribution in [0.15, 0.2) is 65.1 Å². The lowest BCUT2D eigenvalue weighted by atomic mass is 9.87. The van der Waals surface area contributed by atoms with Gasteiger partial charge in [-0.2, -0.15) is 0 Å². The molecule has 0 aliphatic carbocycles. The number of benzene rings is 3. The zero-order valence-corrected chi connectivity index (χ0v) is 16.4. The Balaban J connectivity index is 1.78.